The molecule has 2 aromatic carbocycles. The summed E-state index contributed by atoms with van der Waals surface area (Å²) in [6.07, 6.45) is 1.48. The molecule has 2 N–H and O–H groups in total. The second-order valence-corrected chi connectivity index (χ2v) is 5.47. The van der Waals surface area contributed by atoms with Crippen molar-refractivity contribution in [3.8, 4) is 0 Å². The molecule has 112 valence electrons. The van der Waals surface area contributed by atoms with E-state index in [2.05, 4.69) is 18.2 Å². The van der Waals surface area contributed by atoms with Crippen LogP contribution >= 0.6 is 0 Å². The number of ether oxygens (including phenoxy) is 1. The third kappa shape index (κ3) is 3.08. The van der Waals surface area contributed by atoms with Crippen LogP contribution in [0.4, 0.5) is 0 Å². The van der Waals surface area contributed by atoms with E-state index in [1.807, 2.05) is 38.1 Å². The minimum atomic E-state index is -0.657. The molecule has 0 saturated carbocycles. The Morgan fingerprint density at radius 1 is 1.19 bits per heavy atom. The second-order valence-electron chi connectivity index (χ2n) is 5.47. The van der Waals surface area contributed by atoms with Crippen LogP contribution in [-0.2, 0) is 14.9 Å². The van der Waals surface area contributed by atoms with Crippen LogP contribution in [0.1, 0.15) is 32.3 Å². The van der Waals surface area contributed by atoms with Gasteiger partial charge in [-0.25, -0.2) is 0 Å². The minimum absolute atomic E-state index is 0.171. The Morgan fingerprint density at radius 3 is 2.62 bits per heavy atom. The Labute approximate surface area is 126 Å². The lowest BCUT2D eigenvalue weighted by Gasteiger charge is -2.29. The number of benzene rings is 2. The molecule has 0 aromatic heterocycles. The van der Waals surface area contributed by atoms with E-state index in [9.17, 15) is 4.79 Å². The average Bonchev–Trinajstić information content (AvgIpc) is 2.52. The van der Waals surface area contributed by atoms with Crippen molar-refractivity contribution in [2.24, 2.45) is 5.73 Å². The van der Waals surface area contributed by atoms with E-state index in [4.69, 9.17) is 10.5 Å². The molecule has 0 spiro atoms. The van der Waals surface area contributed by atoms with Gasteiger partial charge >= 0.3 is 5.97 Å². The molecule has 1 atom stereocenters. The van der Waals surface area contributed by atoms with Gasteiger partial charge in [-0.2, -0.15) is 0 Å². The third-order valence-electron chi connectivity index (χ3n) is 3.99. The van der Waals surface area contributed by atoms with Crippen LogP contribution in [0, 0.1) is 0 Å². The first-order valence-corrected chi connectivity index (χ1v) is 7.49. The number of fused-ring (bicyclic) bond motifs is 1. The maximum atomic E-state index is 12.6. The SMILES string of the molecule is CCOC(=O)C(C)(CCCN)c1cccc2ccccc12. The number of hydrogen-bond acceptors (Lipinski definition) is 3. The summed E-state index contributed by atoms with van der Waals surface area (Å²) in [5.41, 5.74) is 6.01. The lowest BCUT2D eigenvalue weighted by atomic mass is 9.76. The predicted octanol–water partition coefficient (Wildman–Crippen LogP) is 3.40. The first kappa shape index (κ1) is 15.5. The molecule has 21 heavy (non-hydrogen) atoms. The monoisotopic (exact) mass is 285 g/mol. The van der Waals surface area contributed by atoms with Crippen molar-refractivity contribution in [1.29, 1.82) is 0 Å². The van der Waals surface area contributed by atoms with Gasteiger partial charge in [0.2, 0.25) is 0 Å². The molecular formula is C18H23NO2. The van der Waals surface area contributed by atoms with Gasteiger partial charge < -0.3 is 10.5 Å². The Morgan fingerprint density at radius 2 is 1.90 bits per heavy atom. The van der Waals surface area contributed by atoms with Gasteiger partial charge in [-0.15, -0.1) is 0 Å². The Hall–Kier alpha value is -1.87. The van der Waals surface area contributed by atoms with Gasteiger partial charge in [-0.05, 0) is 49.6 Å². The highest BCUT2D eigenvalue weighted by Crippen LogP contribution is 2.35. The van der Waals surface area contributed by atoms with Crippen molar-refractivity contribution in [2.75, 3.05) is 13.2 Å². The summed E-state index contributed by atoms with van der Waals surface area (Å²) in [4.78, 5) is 12.6. The van der Waals surface area contributed by atoms with Crippen molar-refractivity contribution < 1.29 is 9.53 Å². The van der Waals surface area contributed by atoms with Crippen LogP contribution in [0.3, 0.4) is 0 Å². The smallest absolute Gasteiger partial charge is 0.316 e. The van der Waals surface area contributed by atoms with Crippen molar-refractivity contribution in [2.45, 2.75) is 32.1 Å². The number of carbonyl (C=O) groups excluding carboxylic acids is 1. The summed E-state index contributed by atoms with van der Waals surface area (Å²) >= 11 is 0. The van der Waals surface area contributed by atoms with E-state index < -0.39 is 5.41 Å². The van der Waals surface area contributed by atoms with Crippen LogP contribution in [0.25, 0.3) is 10.8 Å². The zero-order valence-electron chi connectivity index (χ0n) is 12.8. The maximum Gasteiger partial charge on any atom is 0.316 e. The molecule has 0 aliphatic rings. The molecule has 0 heterocycles. The second kappa shape index (κ2) is 6.72. The molecule has 0 aliphatic heterocycles. The molecule has 3 nitrogen and oxygen atoms in total. The van der Waals surface area contributed by atoms with Crippen molar-refractivity contribution in [1.82, 2.24) is 0 Å². The standard InChI is InChI=1S/C18H23NO2/c1-3-21-17(20)18(2,12-7-13-19)16-11-6-9-14-8-4-5-10-15(14)16/h4-6,8-11H,3,7,12-13,19H2,1-2H3. The van der Waals surface area contributed by atoms with Gasteiger partial charge in [-0.1, -0.05) is 42.5 Å². The van der Waals surface area contributed by atoms with E-state index in [0.717, 1.165) is 22.8 Å². The van der Waals surface area contributed by atoms with Gasteiger partial charge in [0.25, 0.3) is 0 Å². The normalized spacial score (nSPS) is 13.9. The van der Waals surface area contributed by atoms with Crippen LogP contribution in [-0.4, -0.2) is 19.1 Å². The molecule has 0 aliphatic carbocycles. The Bertz CT molecular complexity index is 618. The summed E-state index contributed by atoms with van der Waals surface area (Å²) in [7, 11) is 0. The van der Waals surface area contributed by atoms with Crippen LogP contribution in [0.15, 0.2) is 42.5 Å². The van der Waals surface area contributed by atoms with Gasteiger partial charge in [0, 0.05) is 0 Å². The zero-order chi connectivity index (χ0) is 15.3. The van der Waals surface area contributed by atoms with Crippen molar-refractivity contribution in [3.63, 3.8) is 0 Å². The lowest BCUT2D eigenvalue weighted by Crippen LogP contribution is -2.35. The lowest BCUT2D eigenvalue weighted by molar-refractivity contribution is -0.149. The van der Waals surface area contributed by atoms with Gasteiger partial charge in [0.05, 0.1) is 12.0 Å². The fraction of sp³-hybridized carbons (Fsp3) is 0.389. The van der Waals surface area contributed by atoms with Gasteiger partial charge in [0.1, 0.15) is 0 Å². The van der Waals surface area contributed by atoms with E-state index in [1.165, 1.54) is 0 Å². The third-order valence-corrected chi connectivity index (χ3v) is 3.99. The fourth-order valence-electron chi connectivity index (χ4n) is 2.80. The Balaban J connectivity index is 2.55. The molecule has 0 saturated heterocycles. The molecule has 2 aromatic rings. The summed E-state index contributed by atoms with van der Waals surface area (Å²) < 4.78 is 5.33. The molecule has 1 unspecified atom stereocenters. The number of rotatable bonds is 6. The fourth-order valence-corrected chi connectivity index (χ4v) is 2.80. The first-order valence-electron chi connectivity index (χ1n) is 7.49. The van der Waals surface area contributed by atoms with E-state index >= 15 is 0 Å². The van der Waals surface area contributed by atoms with Gasteiger partial charge in [0.15, 0.2) is 0 Å². The summed E-state index contributed by atoms with van der Waals surface area (Å²) in [5, 5.41) is 2.24. The number of esters is 1. The summed E-state index contributed by atoms with van der Waals surface area (Å²) in [6.45, 7) is 4.76. The largest absolute Gasteiger partial charge is 0.465 e. The summed E-state index contributed by atoms with van der Waals surface area (Å²) in [5.74, 6) is -0.171. The van der Waals surface area contributed by atoms with E-state index in [0.29, 0.717) is 19.6 Å². The zero-order valence-corrected chi connectivity index (χ0v) is 12.8. The number of hydrogen-bond donors (Lipinski definition) is 1. The molecule has 0 amide bonds. The minimum Gasteiger partial charge on any atom is -0.465 e. The average molecular weight is 285 g/mol. The number of carbonyl (C=O) groups is 1. The topological polar surface area (TPSA) is 52.3 Å². The maximum absolute atomic E-state index is 12.6. The molecule has 0 bridgehead atoms. The predicted molar refractivity (Wildman–Crippen MR) is 86.2 cm³/mol. The van der Waals surface area contributed by atoms with Crippen LogP contribution < -0.4 is 5.73 Å². The Kier molecular flexibility index (Phi) is 4.97. The summed E-state index contributed by atoms with van der Waals surface area (Å²) in [6, 6.07) is 14.2. The molecular weight excluding hydrogens is 262 g/mol. The highest BCUT2D eigenvalue weighted by atomic mass is 16.5. The molecule has 0 radical (unpaired) electrons. The van der Waals surface area contributed by atoms with Crippen LogP contribution in [0.2, 0.25) is 0 Å². The first-order chi connectivity index (χ1) is 10.1. The van der Waals surface area contributed by atoms with Crippen LogP contribution in [0.5, 0.6) is 0 Å². The van der Waals surface area contributed by atoms with E-state index in [-0.39, 0.29) is 5.97 Å². The highest BCUT2D eigenvalue weighted by molar-refractivity contribution is 5.93. The molecule has 0 fully saturated rings. The van der Waals surface area contributed by atoms with Gasteiger partial charge in [-0.3, -0.25) is 4.79 Å². The van der Waals surface area contributed by atoms with E-state index in [1.54, 1.807) is 0 Å². The molecule has 3 heteroatoms. The highest BCUT2D eigenvalue weighted by Gasteiger charge is 2.37. The van der Waals surface area contributed by atoms with Crippen molar-refractivity contribution in [3.05, 3.63) is 48.0 Å². The molecule has 2 rings (SSSR count). The quantitative estimate of drug-likeness (QED) is 0.828. The number of nitrogens with two attached hydrogens (primary N) is 1. The van der Waals surface area contributed by atoms with Crippen molar-refractivity contribution >= 4 is 16.7 Å².